The zero-order valence-corrected chi connectivity index (χ0v) is 8.04. The van der Waals surface area contributed by atoms with Gasteiger partial charge in [-0.1, -0.05) is 25.0 Å². The van der Waals surface area contributed by atoms with Crippen LogP contribution >= 0.6 is 0 Å². The molecule has 64 valence electrons. The van der Waals surface area contributed by atoms with Crippen LogP contribution in [0.1, 0.15) is 46.5 Å². The topological polar surface area (TPSA) is 0 Å². The van der Waals surface area contributed by atoms with Crippen LogP contribution in [0.4, 0.5) is 0 Å². The Balaban J connectivity index is 2.92. The summed E-state index contributed by atoms with van der Waals surface area (Å²) in [6.07, 6.45) is 5.00. The Morgan fingerprint density at radius 3 is 2.45 bits per heavy atom. The molecule has 0 heteroatoms. The van der Waals surface area contributed by atoms with Gasteiger partial charge in [-0.25, -0.2) is 0 Å². The van der Waals surface area contributed by atoms with Crippen LogP contribution in [0.3, 0.4) is 0 Å². The third kappa shape index (κ3) is 1.66. The number of hydrogen-bond acceptors (Lipinski definition) is 0. The average molecular weight is 151 g/mol. The maximum Gasteiger partial charge on any atom is -0.0168 e. The molecule has 0 unspecified atom stereocenters. The van der Waals surface area contributed by atoms with Gasteiger partial charge in [-0.3, -0.25) is 0 Å². The van der Waals surface area contributed by atoms with Gasteiger partial charge >= 0.3 is 0 Å². The molecule has 1 rings (SSSR count). The lowest BCUT2D eigenvalue weighted by atomic mass is 9.72. The van der Waals surface area contributed by atoms with Crippen molar-refractivity contribution in [1.29, 1.82) is 0 Å². The van der Waals surface area contributed by atoms with E-state index in [4.69, 9.17) is 0 Å². The van der Waals surface area contributed by atoms with Gasteiger partial charge in [-0.2, -0.15) is 6.42 Å². The molecule has 1 aliphatic rings. The Bertz CT molecular complexity index is 172. The molecule has 0 aromatic carbocycles. The van der Waals surface area contributed by atoms with Gasteiger partial charge in [0.1, 0.15) is 0 Å². The van der Waals surface area contributed by atoms with E-state index in [9.17, 15) is 0 Å². The molecule has 1 aliphatic carbocycles. The van der Waals surface area contributed by atoms with Crippen LogP contribution in [0.25, 0.3) is 0 Å². The summed E-state index contributed by atoms with van der Waals surface area (Å²) in [5.41, 5.74) is 3.63. The fourth-order valence-corrected chi connectivity index (χ4v) is 2.23. The molecule has 0 bridgehead atoms. The van der Waals surface area contributed by atoms with Crippen LogP contribution in [0.15, 0.2) is 11.1 Å². The van der Waals surface area contributed by atoms with E-state index < -0.39 is 0 Å². The van der Waals surface area contributed by atoms with E-state index in [2.05, 4.69) is 27.7 Å². The monoisotopic (exact) mass is 151 g/mol. The van der Waals surface area contributed by atoms with Gasteiger partial charge in [0.2, 0.25) is 0 Å². The number of hydrogen-bond donors (Lipinski definition) is 0. The minimum atomic E-state index is 0.435. The molecule has 0 fully saturated rings. The molecule has 0 aromatic rings. The molecule has 0 aromatic heterocycles. The summed E-state index contributed by atoms with van der Waals surface area (Å²) >= 11 is 0. The van der Waals surface area contributed by atoms with Crippen molar-refractivity contribution in [2.24, 2.45) is 5.41 Å². The third-order valence-electron chi connectivity index (χ3n) is 2.94. The zero-order valence-electron chi connectivity index (χ0n) is 8.04. The average Bonchev–Trinajstić information content (AvgIpc) is 1.86. The van der Waals surface area contributed by atoms with Crippen molar-refractivity contribution >= 4 is 0 Å². The maximum absolute atomic E-state index is 4.00. The van der Waals surface area contributed by atoms with E-state index in [-0.39, 0.29) is 0 Å². The van der Waals surface area contributed by atoms with Gasteiger partial charge in [0.15, 0.2) is 0 Å². The Labute approximate surface area is 70.7 Å². The SMILES string of the molecule is [CH2-]CC1=C(C)CCCC1(C)C. The van der Waals surface area contributed by atoms with E-state index in [1.54, 1.807) is 11.1 Å². The molecule has 11 heavy (non-hydrogen) atoms. The van der Waals surface area contributed by atoms with Gasteiger partial charge in [0.25, 0.3) is 0 Å². The maximum atomic E-state index is 4.00. The van der Waals surface area contributed by atoms with Crippen molar-refractivity contribution in [3.63, 3.8) is 0 Å². The molecule has 0 atom stereocenters. The first-order valence-corrected chi connectivity index (χ1v) is 4.56. The smallest absolute Gasteiger partial charge is 0.0168 e. The van der Waals surface area contributed by atoms with E-state index in [0.29, 0.717) is 5.41 Å². The second-order valence-corrected chi connectivity index (χ2v) is 4.25. The highest BCUT2D eigenvalue weighted by atomic mass is 14.3. The molecule has 0 amide bonds. The highest BCUT2D eigenvalue weighted by Gasteiger charge is 2.24. The fraction of sp³-hybridized carbons (Fsp3) is 0.727. The summed E-state index contributed by atoms with van der Waals surface area (Å²) < 4.78 is 0. The second-order valence-electron chi connectivity index (χ2n) is 4.25. The summed E-state index contributed by atoms with van der Waals surface area (Å²) in [6.45, 7) is 10.9. The Hall–Kier alpha value is -0.260. The highest BCUT2D eigenvalue weighted by molar-refractivity contribution is 5.22. The van der Waals surface area contributed by atoms with Crippen molar-refractivity contribution in [2.45, 2.75) is 46.5 Å². The molecular formula is C11H19-. The summed E-state index contributed by atoms with van der Waals surface area (Å²) in [5, 5.41) is 0. The summed E-state index contributed by atoms with van der Waals surface area (Å²) in [6, 6.07) is 0. The van der Waals surface area contributed by atoms with Crippen molar-refractivity contribution in [1.82, 2.24) is 0 Å². The lowest BCUT2D eigenvalue weighted by Gasteiger charge is -2.35. The van der Waals surface area contributed by atoms with Crippen molar-refractivity contribution in [2.75, 3.05) is 0 Å². The van der Waals surface area contributed by atoms with E-state index >= 15 is 0 Å². The van der Waals surface area contributed by atoms with Crippen LogP contribution in [0, 0.1) is 12.3 Å². The first kappa shape index (κ1) is 8.83. The van der Waals surface area contributed by atoms with Crippen LogP contribution in [-0.2, 0) is 0 Å². The van der Waals surface area contributed by atoms with Crippen LogP contribution < -0.4 is 0 Å². The van der Waals surface area contributed by atoms with Gasteiger partial charge in [0, 0.05) is 0 Å². The van der Waals surface area contributed by atoms with Crippen LogP contribution in [0.5, 0.6) is 0 Å². The molecule has 0 aliphatic heterocycles. The van der Waals surface area contributed by atoms with Crippen LogP contribution in [0.2, 0.25) is 0 Å². The molecule has 0 saturated heterocycles. The first-order valence-electron chi connectivity index (χ1n) is 4.56. The molecule has 0 N–H and O–H groups in total. The summed E-state index contributed by atoms with van der Waals surface area (Å²) in [4.78, 5) is 0. The van der Waals surface area contributed by atoms with E-state index in [1.807, 2.05) is 0 Å². The minimum Gasteiger partial charge on any atom is -0.339 e. The van der Waals surface area contributed by atoms with Gasteiger partial charge < -0.3 is 6.92 Å². The minimum absolute atomic E-state index is 0.435. The Morgan fingerprint density at radius 2 is 2.09 bits per heavy atom. The normalized spacial score (nSPS) is 24.0. The zero-order chi connectivity index (χ0) is 8.48. The number of rotatable bonds is 1. The lowest BCUT2D eigenvalue weighted by molar-refractivity contribution is 0.360. The molecule has 0 heterocycles. The molecule has 0 saturated carbocycles. The quantitative estimate of drug-likeness (QED) is 0.395. The predicted molar refractivity (Wildman–Crippen MR) is 50.3 cm³/mol. The Kier molecular flexibility index (Phi) is 2.41. The molecular weight excluding hydrogens is 132 g/mol. The molecule has 0 spiro atoms. The van der Waals surface area contributed by atoms with Crippen molar-refractivity contribution in [3.8, 4) is 0 Å². The lowest BCUT2D eigenvalue weighted by Crippen LogP contribution is -2.19. The van der Waals surface area contributed by atoms with Gasteiger partial charge in [-0.15, -0.1) is 0 Å². The number of allylic oxidation sites excluding steroid dienone is 2. The molecule has 0 nitrogen and oxygen atoms in total. The first-order chi connectivity index (χ1) is 5.08. The standard InChI is InChI=1S/C11H19/c1-5-10-9(2)7-6-8-11(10,3)4/h1,5-8H2,2-4H3/q-1. The fourth-order valence-electron chi connectivity index (χ4n) is 2.23. The predicted octanol–water partition coefficient (Wildman–Crippen LogP) is 3.74. The molecule has 0 radical (unpaired) electrons. The summed E-state index contributed by atoms with van der Waals surface area (Å²) in [7, 11) is 0. The van der Waals surface area contributed by atoms with Gasteiger partial charge in [-0.05, 0) is 31.6 Å². The van der Waals surface area contributed by atoms with Crippen molar-refractivity contribution < 1.29 is 0 Å². The Morgan fingerprint density at radius 1 is 1.45 bits per heavy atom. The largest absolute Gasteiger partial charge is 0.339 e. The van der Waals surface area contributed by atoms with Crippen LogP contribution in [-0.4, -0.2) is 0 Å². The highest BCUT2D eigenvalue weighted by Crippen LogP contribution is 2.41. The second kappa shape index (κ2) is 3.00. The van der Waals surface area contributed by atoms with Crippen molar-refractivity contribution in [3.05, 3.63) is 18.1 Å². The summed E-state index contributed by atoms with van der Waals surface area (Å²) in [5.74, 6) is 0. The van der Waals surface area contributed by atoms with E-state index in [0.717, 1.165) is 6.42 Å². The third-order valence-corrected chi connectivity index (χ3v) is 2.94. The van der Waals surface area contributed by atoms with Gasteiger partial charge in [0.05, 0.1) is 0 Å². The van der Waals surface area contributed by atoms with E-state index in [1.165, 1.54) is 19.3 Å².